The maximum atomic E-state index is 13.1. The number of carbonyl (C=O) groups excluding carboxylic acids is 1. The molecule has 1 amide bonds. The minimum Gasteiger partial charge on any atom is -0.372 e. The minimum absolute atomic E-state index is 0.0586. The highest BCUT2D eigenvalue weighted by atomic mass is 32.2. The Labute approximate surface area is 183 Å². The van der Waals surface area contributed by atoms with E-state index >= 15 is 0 Å². The predicted molar refractivity (Wildman–Crippen MR) is 128 cm³/mol. The molecule has 0 N–H and O–H groups in total. The van der Waals surface area contributed by atoms with Crippen LogP contribution in [-0.4, -0.2) is 35.6 Å². The Bertz CT molecular complexity index is 915. The Hall–Kier alpha value is -2.53. The Morgan fingerprint density at radius 1 is 1.00 bits per heavy atom. The lowest BCUT2D eigenvalue weighted by Gasteiger charge is -2.28. The van der Waals surface area contributed by atoms with Crippen LogP contribution in [-0.2, 0) is 4.79 Å². The van der Waals surface area contributed by atoms with Crippen LogP contribution >= 0.6 is 11.8 Å². The van der Waals surface area contributed by atoms with E-state index in [0.717, 1.165) is 47.3 Å². The zero-order valence-electron chi connectivity index (χ0n) is 17.6. The number of unbranched alkanes of at least 4 members (excludes halogenated alkanes) is 1. The zero-order chi connectivity index (χ0) is 20.8. The third-order valence-corrected chi connectivity index (χ3v) is 6.52. The largest absolute Gasteiger partial charge is 0.372 e. The lowest BCUT2D eigenvalue weighted by Crippen LogP contribution is -2.30. The summed E-state index contributed by atoms with van der Waals surface area (Å²) in [5.41, 5.74) is 3.21. The summed E-state index contributed by atoms with van der Waals surface area (Å²) in [6.45, 7) is 5.13. The molecular formula is C25H29N3OS. The number of rotatable bonds is 6. The molecule has 4 nitrogen and oxygen atoms in total. The van der Waals surface area contributed by atoms with E-state index in [2.05, 4.69) is 36.1 Å². The molecule has 0 radical (unpaired) electrons. The summed E-state index contributed by atoms with van der Waals surface area (Å²) >= 11 is 1.48. The lowest BCUT2D eigenvalue weighted by molar-refractivity contribution is -0.122. The fourth-order valence-corrected chi connectivity index (χ4v) is 4.83. The molecule has 0 unspecified atom stereocenters. The maximum absolute atomic E-state index is 13.1. The molecule has 5 heteroatoms. The molecule has 2 saturated heterocycles. The number of nitrogens with zero attached hydrogens (tertiary/aromatic N) is 3. The second-order valence-corrected chi connectivity index (χ2v) is 8.80. The number of aliphatic imine (C=N–C) groups is 1. The van der Waals surface area contributed by atoms with Crippen molar-refractivity contribution in [3.63, 3.8) is 0 Å². The van der Waals surface area contributed by atoms with Crippen LogP contribution in [0, 0.1) is 0 Å². The third-order valence-electron chi connectivity index (χ3n) is 5.52. The third kappa shape index (κ3) is 4.96. The molecule has 0 atom stereocenters. The van der Waals surface area contributed by atoms with Crippen molar-refractivity contribution in [1.82, 2.24) is 4.90 Å². The highest BCUT2D eigenvalue weighted by Gasteiger charge is 2.32. The molecule has 2 fully saturated rings. The first-order chi connectivity index (χ1) is 14.7. The second-order valence-electron chi connectivity index (χ2n) is 7.79. The van der Waals surface area contributed by atoms with Gasteiger partial charge in [-0.25, -0.2) is 4.99 Å². The fraction of sp³-hybridized carbons (Fsp3) is 0.360. The molecule has 2 aliphatic rings. The summed E-state index contributed by atoms with van der Waals surface area (Å²) in [5, 5.41) is 0.774. The van der Waals surface area contributed by atoms with Gasteiger partial charge >= 0.3 is 0 Å². The van der Waals surface area contributed by atoms with E-state index < -0.39 is 0 Å². The van der Waals surface area contributed by atoms with Crippen LogP contribution < -0.4 is 4.90 Å². The van der Waals surface area contributed by atoms with Gasteiger partial charge in [0.15, 0.2) is 5.17 Å². The Morgan fingerprint density at radius 3 is 2.43 bits per heavy atom. The van der Waals surface area contributed by atoms with Crippen molar-refractivity contribution in [3.8, 4) is 0 Å². The second kappa shape index (κ2) is 9.98. The van der Waals surface area contributed by atoms with Crippen LogP contribution in [0.4, 0.5) is 11.4 Å². The van der Waals surface area contributed by atoms with Gasteiger partial charge in [-0.2, -0.15) is 0 Å². The number of amides is 1. The first-order valence-corrected chi connectivity index (χ1v) is 11.8. The average Bonchev–Trinajstić information content (AvgIpc) is 3.08. The van der Waals surface area contributed by atoms with Gasteiger partial charge in [-0.3, -0.25) is 9.69 Å². The van der Waals surface area contributed by atoms with Gasteiger partial charge in [0.1, 0.15) is 0 Å². The van der Waals surface area contributed by atoms with Crippen LogP contribution in [0.1, 0.15) is 44.6 Å². The van der Waals surface area contributed by atoms with Gasteiger partial charge in [0.05, 0.1) is 10.6 Å². The minimum atomic E-state index is 0.0586. The standard InChI is InChI=1S/C25H29N3OS/c1-2-3-18-28-24(29)23(30-25(28)26-21-10-6-4-7-11-21)19-20-12-14-22(15-13-20)27-16-8-5-9-17-27/h4,6-7,10-15,19H,2-3,5,8-9,16-18H2,1H3/b23-19-,26-25?. The van der Waals surface area contributed by atoms with Crippen LogP contribution in [0.25, 0.3) is 6.08 Å². The normalized spacial score (nSPS) is 19.8. The molecule has 2 aromatic rings. The first-order valence-electron chi connectivity index (χ1n) is 10.9. The fourth-order valence-electron chi connectivity index (χ4n) is 3.80. The van der Waals surface area contributed by atoms with Crippen molar-refractivity contribution in [2.45, 2.75) is 39.0 Å². The number of thioether (sulfide) groups is 1. The van der Waals surface area contributed by atoms with Crippen molar-refractivity contribution in [3.05, 3.63) is 65.1 Å². The van der Waals surface area contributed by atoms with E-state index in [1.807, 2.05) is 41.3 Å². The van der Waals surface area contributed by atoms with Crippen molar-refractivity contribution < 1.29 is 4.79 Å². The highest BCUT2D eigenvalue weighted by Crippen LogP contribution is 2.34. The smallest absolute Gasteiger partial charge is 0.266 e. The van der Waals surface area contributed by atoms with E-state index in [9.17, 15) is 4.79 Å². The highest BCUT2D eigenvalue weighted by molar-refractivity contribution is 8.18. The summed E-state index contributed by atoms with van der Waals surface area (Å²) in [4.78, 5) is 22.8. The number of para-hydroxylation sites is 1. The molecule has 156 valence electrons. The molecule has 2 aliphatic heterocycles. The first kappa shape index (κ1) is 20.7. The summed E-state index contributed by atoms with van der Waals surface area (Å²) in [7, 11) is 0. The van der Waals surface area contributed by atoms with Gasteiger partial charge < -0.3 is 4.90 Å². The number of piperidine rings is 1. The topological polar surface area (TPSA) is 35.9 Å². The quantitative estimate of drug-likeness (QED) is 0.532. The van der Waals surface area contributed by atoms with E-state index in [-0.39, 0.29) is 5.91 Å². The molecule has 0 bridgehead atoms. The average molecular weight is 420 g/mol. The number of anilines is 1. The van der Waals surface area contributed by atoms with E-state index in [4.69, 9.17) is 4.99 Å². The monoisotopic (exact) mass is 419 g/mol. The van der Waals surface area contributed by atoms with Gasteiger partial charge in [-0.05, 0) is 73.4 Å². The molecule has 2 heterocycles. The molecule has 0 saturated carbocycles. The molecule has 0 spiro atoms. The summed E-state index contributed by atoms with van der Waals surface area (Å²) < 4.78 is 0. The van der Waals surface area contributed by atoms with Crippen molar-refractivity contribution in [2.24, 2.45) is 4.99 Å². The summed E-state index contributed by atoms with van der Waals surface area (Å²) in [6.07, 6.45) is 7.89. The number of hydrogen-bond donors (Lipinski definition) is 0. The van der Waals surface area contributed by atoms with Gasteiger partial charge in [-0.1, -0.05) is 43.7 Å². The van der Waals surface area contributed by atoms with E-state index in [0.29, 0.717) is 6.54 Å². The Morgan fingerprint density at radius 2 is 1.73 bits per heavy atom. The van der Waals surface area contributed by atoms with Gasteiger partial charge in [0.2, 0.25) is 0 Å². The lowest BCUT2D eigenvalue weighted by atomic mass is 10.1. The molecule has 0 aromatic heterocycles. The van der Waals surface area contributed by atoms with Crippen molar-refractivity contribution in [1.29, 1.82) is 0 Å². The maximum Gasteiger partial charge on any atom is 0.266 e. The van der Waals surface area contributed by atoms with Crippen molar-refractivity contribution in [2.75, 3.05) is 24.5 Å². The summed E-state index contributed by atoms with van der Waals surface area (Å²) in [6, 6.07) is 18.4. The predicted octanol–water partition coefficient (Wildman–Crippen LogP) is 6.08. The van der Waals surface area contributed by atoms with E-state index in [1.54, 1.807) is 0 Å². The molecule has 0 aliphatic carbocycles. The van der Waals surface area contributed by atoms with Gasteiger partial charge in [0, 0.05) is 25.3 Å². The molecular weight excluding hydrogens is 390 g/mol. The van der Waals surface area contributed by atoms with Crippen molar-refractivity contribution >= 4 is 40.3 Å². The Balaban J connectivity index is 1.54. The van der Waals surface area contributed by atoms with Crippen LogP contribution in [0.2, 0.25) is 0 Å². The molecule has 2 aromatic carbocycles. The van der Waals surface area contributed by atoms with Crippen LogP contribution in [0.3, 0.4) is 0 Å². The van der Waals surface area contributed by atoms with Crippen LogP contribution in [0.5, 0.6) is 0 Å². The summed E-state index contributed by atoms with van der Waals surface area (Å²) in [5.74, 6) is 0.0586. The van der Waals surface area contributed by atoms with E-state index in [1.165, 1.54) is 36.7 Å². The van der Waals surface area contributed by atoms with Gasteiger partial charge in [0.25, 0.3) is 5.91 Å². The Kier molecular flexibility index (Phi) is 6.90. The SMILES string of the molecule is CCCCN1C(=O)/C(=C/c2ccc(N3CCCCC3)cc2)SC1=Nc1ccccc1. The zero-order valence-corrected chi connectivity index (χ0v) is 18.4. The van der Waals surface area contributed by atoms with Crippen LogP contribution in [0.15, 0.2) is 64.5 Å². The molecule has 30 heavy (non-hydrogen) atoms. The van der Waals surface area contributed by atoms with Gasteiger partial charge in [-0.15, -0.1) is 0 Å². The number of carbonyl (C=O) groups is 1. The number of amidine groups is 1. The molecule has 4 rings (SSSR count). The number of benzene rings is 2. The number of hydrogen-bond acceptors (Lipinski definition) is 4.